The summed E-state index contributed by atoms with van der Waals surface area (Å²) in [7, 11) is 0. The van der Waals surface area contributed by atoms with Crippen molar-refractivity contribution >= 4 is 39.0 Å². The maximum Gasteiger partial charge on any atom is 0.143 e. The number of rotatable bonds is 5. The van der Waals surface area contributed by atoms with Crippen LogP contribution < -0.4 is 14.4 Å². The molecule has 0 radical (unpaired) electrons. The lowest BCUT2D eigenvalue weighted by Gasteiger charge is -2.39. The van der Waals surface area contributed by atoms with Crippen LogP contribution in [0.1, 0.15) is 44.5 Å². The molecule has 364 valence electrons. The highest BCUT2D eigenvalue weighted by Crippen LogP contribution is 2.65. The van der Waals surface area contributed by atoms with Crippen LogP contribution in [-0.2, 0) is 10.8 Å². The molecule has 4 heteroatoms. The number of anilines is 3. The zero-order valence-electron chi connectivity index (χ0n) is 42.2. The average Bonchev–Trinajstić information content (AvgIpc) is 3.32. The molecule has 0 N–H and O–H groups in total. The number of fused-ring (bicyclic) bond motifs is 21. The van der Waals surface area contributed by atoms with Gasteiger partial charge in [-0.15, -0.1) is 0 Å². The number of benzene rings is 12. The monoisotopic (exact) mass is 995 g/mol. The average molecular weight is 996 g/mol. The summed E-state index contributed by atoms with van der Waals surface area (Å²) in [6, 6.07) is 99.2. The summed E-state index contributed by atoms with van der Waals surface area (Å²) in [5, 5.41) is 2.23. The Labute approximate surface area is 451 Å². The molecule has 13 aromatic rings. The Morgan fingerprint density at radius 1 is 0.282 bits per heavy atom. The molecule has 0 amide bonds. The first-order valence-corrected chi connectivity index (χ1v) is 26.8. The Hall–Kier alpha value is -10.2. The molecule has 4 nitrogen and oxygen atoms in total. The van der Waals surface area contributed by atoms with Gasteiger partial charge in [0, 0.05) is 55.5 Å². The zero-order chi connectivity index (χ0) is 51.1. The van der Waals surface area contributed by atoms with Gasteiger partial charge < -0.3 is 18.8 Å². The van der Waals surface area contributed by atoms with Crippen molar-refractivity contribution in [2.24, 2.45) is 0 Å². The van der Waals surface area contributed by atoms with Gasteiger partial charge in [0.1, 0.15) is 34.2 Å². The van der Waals surface area contributed by atoms with Gasteiger partial charge in [0.05, 0.1) is 16.5 Å². The van der Waals surface area contributed by atoms with E-state index in [1.165, 1.54) is 44.5 Å². The van der Waals surface area contributed by atoms with E-state index in [9.17, 15) is 0 Å². The number of para-hydroxylation sites is 6. The van der Waals surface area contributed by atoms with Gasteiger partial charge in [-0.2, -0.15) is 0 Å². The van der Waals surface area contributed by atoms with Gasteiger partial charge in [-0.1, -0.05) is 206 Å². The summed E-state index contributed by atoms with van der Waals surface area (Å²) in [4.78, 5) is 2.47. The van der Waals surface area contributed by atoms with Crippen LogP contribution in [0.2, 0.25) is 0 Å². The van der Waals surface area contributed by atoms with E-state index in [-0.39, 0.29) is 0 Å². The van der Waals surface area contributed by atoms with E-state index in [0.717, 1.165) is 107 Å². The second kappa shape index (κ2) is 16.2. The van der Waals surface area contributed by atoms with Crippen molar-refractivity contribution in [3.63, 3.8) is 0 Å². The van der Waals surface area contributed by atoms with Gasteiger partial charge in [0.25, 0.3) is 0 Å². The highest BCUT2D eigenvalue weighted by Gasteiger charge is 2.53. The summed E-state index contributed by atoms with van der Waals surface area (Å²) in [5.41, 5.74) is 22.6. The minimum atomic E-state index is -0.625. The standard InChI is InChI=1S/C74H45NO3/c1-4-25-57-52(20-1)56-45-48(40-43-59(56)73(57)60-27-6-11-34-67(60)76-68-35-12-7-28-61(68)73)47-18-15-19-50(44-47)75(49-41-38-46(39-42-49)51-23-16-24-54-53-21-3-10-33-66(53)78-72(51)54)65-32-17-31-64-71(65)55-22-2-5-26-58(55)74(64)62-29-8-13-36-69(62)77-70-37-14-9-30-63(70)74/h1-45H. The number of hydrogen-bond donors (Lipinski definition) is 0. The summed E-state index contributed by atoms with van der Waals surface area (Å²) in [6.07, 6.45) is 0. The molecule has 0 bridgehead atoms. The van der Waals surface area contributed by atoms with Gasteiger partial charge in [-0.25, -0.2) is 0 Å². The molecule has 0 saturated heterocycles. The van der Waals surface area contributed by atoms with Crippen molar-refractivity contribution in [2.45, 2.75) is 10.8 Å². The molecule has 1 aromatic heterocycles. The van der Waals surface area contributed by atoms with E-state index >= 15 is 0 Å². The molecule has 0 atom stereocenters. The summed E-state index contributed by atoms with van der Waals surface area (Å²) < 4.78 is 20.0. The van der Waals surface area contributed by atoms with Crippen molar-refractivity contribution in [3.8, 4) is 67.5 Å². The second-order valence-electron chi connectivity index (χ2n) is 21.0. The van der Waals surface area contributed by atoms with E-state index in [1.54, 1.807) is 0 Å². The van der Waals surface area contributed by atoms with Crippen LogP contribution in [0.25, 0.3) is 66.4 Å². The first-order valence-electron chi connectivity index (χ1n) is 26.8. The molecule has 3 heterocycles. The fourth-order valence-electron chi connectivity index (χ4n) is 14.1. The van der Waals surface area contributed by atoms with Crippen LogP contribution in [0, 0.1) is 0 Å². The third-order valence-electron chi connectivity index (χ3n) is 17.2. The van der Waals surface area contributed by atoms with Crippen LogP contribution in [0.15, 0.2) is 277 Å². The minimum absolute atomic E-state index is 0.538. The van der Waals surface area contributed by atoms with E-state index in [0.29, 0.717) is 0 Å². The minimum Gasteiger partial charge on any atom is -0.457 e. The second-order valence-corrected chi connectivity index (χ2v) is 21.0. The SMILES string of the molecule is c1cc(-c2ccc3c(c2)-c2ccccc2C32c3ccccc3Oc3ccccc32)cc(N(c2ccc(-c3cccc4c3oc3ccccc34)cc2)c2cccc3c2-c2ccccc2C32c3ccccc3Oc3ccccc32)c1. The van der Waals surface area contributed by atoms with E-state index in [2.05, 4.69) is 272 Å². The fourth-order valence-corrected chi connectivity index (χ4v) is 14.1. The van der Waals surface area contributed by atoms with E-state index in [4.69, 9.17) is 13.9 Å². The Balaban J connectivity index is 0.872. The number of nitrogens with zero attached hydrogens (tertiary/aromatic N) is 1. The van der Waals surface area contributed by atoms with Crippen LogP contribution in [0.5, 0.6) is 23.0 Å². The normalized spacial score (nSPS) is 14.1. The predicted molar refractivity (Wildman–Crippen MR) is 314 cm³/mol. The van der Waals surface area contributed by atoms with Gasteiger partial charge in [-0.05, 0) is 122 Å². The third-order valence-corrected chi connectivity index (χ3v) is 17.2. The predicted octanol–water partition coefficient (Wildman–Crippen LogP) is 19.3. The van der Waals surface area contributed by atoms with Crippen molar-refractivity contribution < 1.29 is 13.9 Å². The molecule has 12 aromatic carbocycles. The fraction of sp³-hybridized carbons (Fsp3) is 0.0270. The maximum atomic E-state index is 6.75. The first-order chi connectivity index (χ1) is 38.7. The summed E-state index contributed by atoms with van der Waals surface area (Å²) in [5.74, 6) is 3.53. The van der Waals surface area contributed by atoms with Gasteiger partial charge >= 0.3 is 0 Å². The Morgan fingerprint density at radius 2 is 0.756 bits per heavy atom. The van der Waals surface area contributed by atoms with Crippen molar-refractivity contribution in [1.82, 2.24) is 0 Å². The summed E-state index contributed by atoms with van der Waals surface area (Å²) in [6.45, 7) is 0. The third kappa shape index (κ3) is 5.73. The van der Waals surface area contributed by atoms with Crippen molar-refractivity contribution in [1.29, 1.82) is 0 Å². The lowest BCUT2D eigenvalue weighted by atomic mass is 9.66. The smallest absolute Gasteiger partial charge is 0.143 e. The first kappa shape index (κ1) is 43.1. The number of ether oxygens (including phenoxy) is 2. The van der Waals surface area contributed by atoms with Crippen molar-refractivity contribution in [3.05, 3.63) is 317 Å². The molecule has 0 fully saturated rings. The zero-order valence-corrected chi connectivity index (χ0v) is 42.2. The highest BCUT2D eigenvalue weighted by molar-refractivity contribution is 6.10. The van der Waals surface area contributed by atoms with Crippen molar-refractivity contribution in [2.75, 3.05) is 4.90 Å². The topological polar surface area (TPSA) is 34.8 Å². The molecule has 0 saturated carbocycles. The maximum absolute atomic E-state index is 6.75. The van der Waals surface area contributed by atoms with E-state index < -0.39 is 10.8 Å². The molecule has 4 aliphatic rings. The summed E-state index contributed by atoms with van der Waals surface area (Å²) >= 11 is 0. The Morgan fingerprint density at radius 3 is 1.44 bits per heavy atom. The largest absolute Gasteiger partial charge is 0.457 e. The molecule has 0 unspecified atom stereocenters. The van der Waals surface area contributed by atoms with Gasteiger partial charge in [-0.3, -0.25) is 0 Å². The van der Waals surface area contributed by atoms with Gasteiger partial charge in [0.15, 0.2) is 0 Å². The van der Waals surface area contributed by atoms with Crippen LogP contribution >= 0.6 is 0 Å². The molecule has 2 aliphatic heterocycles. The Kier molecular flexibility index (Phi) is 8.94. The molecular formula is C74H45NO3. The molecule has 78 heavy (non-hydrogen) atoms. The quantitative estimate of drug-likeness (QED) is 0.172. The molecule has 2 aliphatic carbocycles. The molecule has 2 spiro atoms. The Bertz CT molecular complexity index is 4570. The lowest BCUT2D eigenvalue weighted by molar-refractivity contribution is 0.436. The highest BCUT2D eigenvalue weighted by atomic mass is 16.5. The van der Waals surface area contributed by atoms with Crippen LogP contribution in [0.4, 0.5) is 17.1 Å². The van der Waals surface area contributed by atoms with Crippen LogP contribution in [-0.4, -0.2) is 0 Å². The van der Waals surface area contributed by atoms with Gasteiger partial charge in [0.2, 0.25) is 0 Å². The lowest BCUT2D eigenvalue weighted by Crippen LogP contribution is -2.32. The number of furan rings is 1. The molecular weight excluding hydrogens is 951 g/mol. The number of hydrogen-bond acceptors (Lipinski definition) is 4. The van der Waals surface area contributed by atoms with Crippen LogP contribution in [0.3, 0.4) is 0 Å². The van der Waals surface area contributed by atoms with E-state index in [1.807, 2.05) is 6.07 Å². The molecule has 17 rings (SSSR count).